The van der Waals surface area contributed by atoms with Crippen LogP contribution in [0.4, 0.5) is 0 Å². The van der Waals surface area contributed by atoms with E-state index in [1.165, 1.54) is 4.88 Å². The Balaban J connectivity index is 0.00000312. The van der Waals surface area contributed by atoms with E-state index >= 15 is 0 Å². The zero-order valence-electron chi connectivity index (χ0n) is 14.8. The molecule has 0 fully saturated rings. The highest BCUT2D eigenvalue weighted by Crippen LogP contribution is 2.17. The maximum Gasteiger partial charge on any atom is 0.191 e. The number of thiazole rings is 1. The molecule has 0 amide bonds. The molecule has 1 unspecified atom stereocenters. The van der Waals surface area contributed by atoms with Crippen molar-refractivity contribution in [2.75, 3.05) is 13.6 Å². The Hall–Kier alpha value is -1.06. The average Bonchev–Trinajstić information content (AvgIpc) is 2.87. The molecular formula is C17H24ClIN4OS. The number of benzene rings is 1. The number of aryl methyl sites for hydroxylation is 2. The van der Waals surface area contributed by atoms with E-state index in [1.807, 2.05) is 45.0 Å². The first-order valence-corrected chi connectivity index (χ1v) is 8.97. The van der Waals surface area contributed by atoms with Gasteiger partial charge in [0.1, 0.15) is 11.9 Å². The van der Waals surface area contributed by atoms with Gasteiger partial charge in [-0.25, -0.2) is 4.98 Å². The van der Waals surface area contributed by atoms with Crippen molar-refractivity contribution in [1.29, 1.82) is 0 Å². The number of aromatic nitrogens is 1. The molecule has 0 bridgehead atoms. The lowest BCUT2D eigenvalue weighted by Crippen LogP contribution is -2.41. The number of nitrogens with zero attached hydrogens (tertiary/aromatic N) is 2. The molecule has 0 saturated carbocycles. The van der Waals surface area contributed by atoms with Gasteiger partial charge in [0.25, 0.3) is 0 Å². The molecule has 2 aromatic rings. The minimum atomic E-state index is -0.00268. The van der Waals surface area contributed by atoms with Crippen molar-refractivity contribution >= 4 is 52.9 Å². The summed E-state index contributed by atoms with van der Waals surface area (Å²) < 4.78 is 5.84. The van der Waals surface area contributed by atoms with E-state index in [4.69, 9.17) is 16.3 Å². The molecule has 0 radical (unpaired) electrons. The van der Waals surface area contributed by atoms with E-state index in [0.29, 0.717) is 18.1 Å². The van der Waals surface area contributed by atoms with Gasteiger partial charge in [-0.05, 0) is 45.0 Å². The standard InChI is InChI=1S/C17H23ClN4OS.HI/c1-11(23-15-7-5-14(18)6-8-15)9-20-17(19-4)21-10-16-12(2)22-13(3)24-16;/h5-8,11H,9-10H2,1-4H3,(H2,19,20,21);1H. The van der Waals surface area contributed by atoms with Crippen molar-refractivity contribution in [2.45, 2.75) is 33.4 Å². The van der Waals surface area contributed by atoms with Crippen LogP contribution in [0.25, 0.3) is 0 Å². The van der Waals surface area contributed by atoms with Gasteiger partial charge >= 0.3 is 0 Å². The van der Waals surface area contributed by atoms with Gasteiger partial charge in [-0.2, -0.15) is 0 Å². The summed E-state index contributed by atoms with van der Waals surface area (Å²) in [5.41, 5.74) is 1.07. The Labute approximate surface area is 175 Å². The SMILES string of the molecule is CN=C(NCc1sc(C)nc1C)NCC(C)Oc1ccc(Cl)cc1.I. The molecule has 8 heteroatoms. The van der Waals surface area contributed by atoms with Crippen molar-refractivity contribution in [2.24, 2.45) is 4.99 Å². The molecule has 0 spiro atoms. The van der Waals surface area contributed by atoms with Gasteiger partial charge in [0.05, 0.1) is 23.8 Å². The molecule has 1 atom stereocenters. The van der Waals surface area contributed by atoms with Crippen LogP contribution >= 0.6 is 46.9 Å². The molecule has 1 aromatic heterocycles. The lowest BCUT2D eigenvalue weighted by Gasteiger charge is -2.17. The summed E-state index contributed by atoms with van der Waals surface area (Å²) in [5, 5.41) is 8.35. The van der Waals surface area contributed by atoms with Crippen LogP contribution in [-0.4, -0.2) is 30.6 Å². The molecule has 2 N–H and O–H groups in total. The number of hydrogen-bond donors (Lipinski definition) is 2. The number of guanidine groups is 1. The fourth-order valence-corrected chi connectivity index (χ4v) is 3.15. The predicted octanol–water partition coefficient (Wildman–Crippen LogP) is 4.16. The Morgan fingerprint density at radius 2 is 1.96 bits per heavy atom. The second-order valence-corrected chi connectivity index (χ2v) is 7.15. The maximum atomic E-state index is 5.87. The van der Waals surface area contributed by atoms with Crippen LogP contribution in [0.2, 0.25) is 5.02 Å². The van der Waals surface area contributed by atoms with Crippen LogP contribution in [0.3, 0.4) is 0 Å². The lowest BCUT2D eigenvalue weighted by molar-refractivity contribution is 0.224. The minimum Gasteiger partial charge on any atom is -0.489 e. The first kappa shape index (κ1) is 22.0. The molecule has 0 saturated heterocycles. The second-order valence-electron chi connectivity index (χ2n) is 5.43. The van der Waals surface area contributed by atoms with E-state index in [2.05, 4.69) is 20.6 Å². The largest absolute Gasteiger partial charge is 0.489 e. The monoisotopic (exact) mass is 494 g/mol. The highest BCUT2D eigenvalue weighted by atomic mass is 127. The number of rotatable bonds is 6. The number of nitrogens with one attached hydrogen (secondary N) is 2. The van der Waals surface area contributed by atoms with E-state index in [0.717, 1.165) is 22.4 Å². The summed E-state index contributed by atoms with van der Waals surface area (Å²) >= 11 is 7.57. The lowest BCUT2D eigenvalue weighted by atomic mass is 10.3. The van der Waals surface area contributed by atoms with Gasteiger partial charge in [-0.15, -0.1) is 35.3 Å². The molecule has 2 rings (SSSR count). The van der Waals surface area contributed by atoms with E-state index in [9.17, 15) is 0 Å². The van der Waals surface area contributed by atoms with E-state index < -0.39 is 0 Å². The molecule has 5 nitrogen and oxygen atoms in total. The summed E-state index contributed by atoms with van der Waals surface area (Å²) in [6, 6.07) is 7.36. The van der Waals surface area contributed by atoms with E-state index in [1.54, 1.807) is 18.4 Å². The molecular weight excluding hydrogens is 471 g/mol. The van der Waals surface area contributed by atoms with Gasteiger partial charge < -0.3 is 15.4 Å². The Morgan fingerprint density at radius 1 is 1.28 bits per heavy atom. The fourth-order valence-electron chi connectivity index (χ4n) is 2.15. The predicted molar refractivity (Wildman–Crippen MR) is 117 cm³/mol. The van der Waals surface area contributed by atoms with E-state index in [-0.39, 0.29) is 30.1 Å². The normalized spacial score (nSPS) is 12.3. The summed E-state index contributed by atoms with van der Waals surface area (Å²) in [6.07, 6.45) is -0.00268. The maximum absolute atomic E-state index is 5.87. The highest BCUT2D eigenvalue weighted by molar-refractivity contribution is 14.0. The first-order valence-electron chi connectivity index (χ1n) is 7.77. The smallest absolute Gasteiger partial charge is 0.191 e. The minimum absolute atomic E-state index is 0. The Bertz CT molecular complexity index is 690. The van der Waals surface area contributed by atoms with Crippen LogP contribution in [-0.2, 0) is 6.54 Å². The van der Waals surface area contributed by atoms with Crippen molar-refractivity contribution in [3.8, 4) is 5.75 Å². The van der Waals surface area contributed by atoms with Gasteiger partial charge in [-0.1, -0.05) is 11.6 Å². The Kier molecular flexibility index (Phi) is 9.52. The van der Waals surface area contributed by atoms with Crippen LogP contribution < -0.4 is 15.4 Å². The van der Waals surface area contributed by atoms with Crippen LogP contribution in [0.5, 0.6) is 5.75 Å². The number of aliphatic imine (C=N–C) groups is 1. The molecule has 25 heavy (non-hydrogen) atoms. The quantitative estimate of drug-likeness (QED) is 0.360. The van der Waals surface area contributed by atoms with Crippen molar-refractivity contribution in [3.63, 3.8) is 0 Å². The number of hydrogen-bond acceptors (Lipinski definition) is 4. The van der Waals surface area contributed by atoms with Crippen LogP contribution in [0, 0.1) is 13.8 Å². The highest BCUT2D eigenvalue weighted by Gasteiger charge is 2.08. The summed E-state index contributed by atoms with van der Waals surface area (Å²) in [5.74, 6) is 1.54. The third-order valence-corrected chi connectivity index (χ3v) is 4.67. The van der Waals surface area contributed by atoms with Gasteiger partial charge in [0, 0.05) is 16.9 Å². The molecule has 1 aromatic carbocycles. The second kappa shape index (κ2) is 10.8. The molecule has 138 valence electrons. The molecule has 0 aliphatic carbocycles. The zero-order chi connectivity index (χ0) is 17.5. The average molecular weight is 495 g/mol. The van der Waals surface area contributed by atoms with Gasteiger partial charge in [-0.3, -0.25) is 4.99 Å². The van der Waals surface area contributed by atoms with Gasteiger partial charge in [0.15, 0.2) is 5.96 Å². The fraction of sp³-hybridized carbons (Fsp3) is 0.412. The van der Waals surface area contributed by atoms with Gasteiger partial charge in [0.2, 0.25) is 0 Å². The van der Waals surface area contributed by atoms with Crippen LogP contribution in [0.15, 0.2) is 29.3 Å². The molecule has 0 aliphatic rings. The summed E-state index contributed by atoms with van der Waals surface area (Å²) in [7, 11) is 1.75. The zero-order valence-corrected chi connectivity index (χ0v) is 18.7. The topological polar surface area (TPSA) is 58.5 Å². The molecule has 1 heterocycles. The first-order chi connectivity index (χ1) is 11.5. The summed E-state index contributed by atoms with van der Waals surface area (Å²) in [6.45, 7) is 7.40. The third-order valence-electron chi connectivity index (χ3n) is 3.35. The van der Waals surface area contributed by atoms with Crippen LogP contribution in [0.1, 0.15) is 22.5 Å². The summed E-state index contributed by atoms with van der Waals surface area (Å²) in [4.78, 5) is 9.89. The van der Waals surface area contributed by atoms with Crippen molar-refractivity contribution < 1.29 is 4.74 Å². The number of halogens is 2. The third kappa shape index (κ3) is 7.37. The number of ether oxygens (including phenoxy) is 1. The molecule has 0 aliphatic heterocycles. The Morgan fingerprint density at radius 3 is 2.52 bits per heavy atom. The van der Waals surface area contributed by atoms with Crippen molar-refractivity contribution in [3.05, 3.63) is 44.9 Å². The van der Waals surface area contributed by atoms with Crippen molar-refractivity contribution in [1.82, 2.24) is 15.6 Å².